The average molecular weight is 359 g/mol. The van der Waals surface area contributed by atoms with E-state index in [1.807, 2.05) is 10.8 Å². The molecule has 0 aromatic carbocycles. The molecule has 94 valence electrons. The fourth-order valence-electron chi connectivity index (χ4n) is 1.42. The number of nitrogens with zero attached hydrogens (tertiary/aromatic N) is 1. The largest absolute Gasteiger partial charge is 1.00 e. The molecule has 0 unspecified atom stereocenters. The third-order valence-corrected chi connectivity index (χ3v) is 5.19. The molecule has 0 N–H and O–H groups in total. The number of hydrogen-bond donors (Lipinski definition) is 0. The standard InChI is InChI=1S/C9H18NO4Si.HI/c1-11-15(12-2,13-3)8-4-5-10-6-7-14-9-10;/h6-7,9H,4-5,8H2,1-3H3;1H/q+1;/p-1. The van der Waals surface area contributed by atoms with Crippen LogP contribution in [0.2, 0.25) is 6.04 Å². The Bertz CT molecular complexity index is 258. The quantitative estimate of drug-likeness (QED) is 0.316. The van der Waals surface area contributed by atoms with Crippen molar-refractivity contribution in [2.75, 3.05) is 21.3 Å². The lowest BCUT2D eigenvalue weighted by Gasteiger charge is -2.23. The summed E-state index contributed by atoms with van der Waals surface area (Å²) in [5, 5.41) is 0. The van der Waals surface area contributed by atoms with Gasteiger partial charge in [0.15, 0.2) is 12.8 Å². The predicted octanol–water partition coefficient (Wildman–Crippen LogP) is -2.16. The van der Waals surface area contributed by atoms with Crippen LogP contribution in [0, 0.1) is 0 Å². The minimum Gasteiger partial charge on any atom is -1.00 e. The predicted molar refractivity (Wildman–Crippen MR) is 55.1 cm³/mol. The topological polar surface area (TPSA) is 44.7 Å². The van der Waals surface area contributed by atoms with Crippen molar-refractivity contribution in [2.45, 2.75) is 19.0 Å². The Morgan fingerprint density at radius 3 is 2.25 bits per heavy atom. The zero-order chi connectivity index (χ0) is 11.1. The number of oxazole rings is 1. The SMILES string of the molecule is CO[Si](CCC[n+]1ccoc1)(OC)OC.[I-]. The van der Waals surface area contributed by atoms with Crippen LogP contribution in [0.5, 0.6) is 0 Å². The minimum atomic E-state index is -2.39. The number of rotatable bonds is 7. The van der Waals surface area contributed by atoms with Crippen molar-refractivity contribution in [1.82, 2.24) is 0 Å². The zero-order valence-electron chi connectivity index (χ0n) is 9.81. The molecule has 0 aliphatic rings. The first-order valence-electron chi connectivity index (χ1n) is 4.83. The van der Waals surface area contributed by atoms with Crippen molar-refractivity contribution < 1.29 is 46.2 Å². The Kier molecular flexibility index (Phi) is 8.19. The zero-order valence-corrected chi connectivity index (χ0v) is 13.0. The molecule has 1 rings (SSSR count). The van der Waals surface area contributed by atoms with Gasteiger partial charge in [-0.1, -0.05) is 0 Å². The molecule has 0 saturated carbocycles. The Morgan fingerprint density at radius 1 is 1.19 bits per heavy atom. The second-order valence-electron chi connectivity index (χ2n) is 3.16. The first-order chi connectivity index (χ1) is 7.26. The van der Waals surface area contributed by atoms with E-state index in [0.29, 0.717) is 0 Å². The van der Waals surface area contributed by atoms with Gasteiger partial charge in [0, 0.05) is 33.8 Å². The van der Waals surface area contributed by atoms with E-state index in [1.165, 1.54) is 0 Å². The van der Waals surface area contributed by atoms with E-state index >= 15 is 0 Å². The molecule has 1 aromatic rings. The number of aryl methyl sites for hydroxylation is 1. The van der Waals surface area contributed by atoms with Gasteiger partial charge in [0.1, 0.15) is 0 Å². The summed E-state index contributed by atoms with van der Waals surface area (Å²) in [5.41, 5.74) is 0. The molecule has 0 radical (unpaired) electrons. The highest BCUT2D eigenvalue weighted by Gasteiger charge is 2.37. The summed E-state index contributed by atoms with van der Waals surface area (Å²) in [6.45, 7) is 0.876. The van der Waals surface area contributed by atoms with Crippen molar-refractivity contribution in [1.29, 1.82) is 0 Å². The second kappa shape index (κ2) is 8.18. The van der Waals surface area contributed by atoms with Crippen LogP contribution in [0.4, 0.5) is 0 Å². The maximum atomic E-state index is 5.32. The normalized spacial score (nSPS) is 11.2. The van der Waals surface area contributed by atoms with Crippen molar-refractivity contribution in [3.05, 3.63) is 18.9 Å². The van der Waals surface area contributed by atoms with Gasteiger partial charge in [-0.3, -0.25) is 0 Å². The minimum absolute atomic E-state index is 0. The van der Waals surface area contributed by atoms with Crippen LogP contribution in [0.3, 0.4) is 0 Å². The molecule has 0 fully saturated rings. The Morgan fingerprint density at radius 2 is 1.81 bits per heavy atom. The third kappa shape index (κ3) is 4.50. The molecular formula is C9H18INO4Si. The molecule has 0 atom stereocenters. The van der Waals surface area contributed by atoms with Crippen molar-refractivity contribution in [3.63, 3.8) is 0 Å². The molecule has 0 saturated heterocycles. The highest BCUT2D eigenvalue weighted by molar-refractivity contribution is 6.60. The van der Waals surface area contributed by atoms with Gasteiger partial charge in [-0.15, -0.1) is 0 Å². The summed E-state index contributed by atoms with van der Waals surface area (Å²) in [6, 6.07) is 0.800. The molecule has 0 amide bonds. The van der Waals surface area contributed by atoms with E-state index in [4.69, 9.17) is 17.7 Å². The van der Waals surface area contributed by atoms with E-state index in [0.717, 1.165) is 19.0 Å². The fourth-order valence-corrected chi connectivity index (χ4v) is 3.13. The highest BCUT2D eigenvalue weighted by Crippen LogP contribution is 2.14. The maximum Gasteiger partial charge on any atom is 0.500 e. The average Bonchev–Trinajstić information content (AvgIpc) is 2.78. The Labute approximate surface area is 114 Å². The van der Waals surface area contributed by atoms with Gasteiger partial charge in [-0.2, -0.15) is 4.57 Å². The summed E-state index contributed by atoms with van der Waals surface area (Å²) in [7, 11) is 2.49. The van der Waals surface area contributed by atoms with Crippen LogP contribution in [0.25, 0.3) is 0 Å². The lowest BCUT2D eigenvalue weighted by Crippen LogP contribution is -3.00. The van der Waals surface area contributed by atoms with E-state index in [-0.39, 0.29) is 24.0 Å². The molecule has 16 heavy (non-hydrogen) atoms. The van der Waals surface area contributed by atoms with Gasteiger partial charge in [0.25, 0.3) is 0 Å². The van der Waals surface area contributed by atoms with E-state index in [1.54, 1.807) is 34.0 Å². The molecule has 5 nitrogen and oxygen atoms in total. The van der Waals surface area contributed by atoms with Gasteiger partial charge in [0.05, 0.1) is 0 Å². The number of halogens is 1. The first kappa shape index (κ1) is 16.0. The van der Waals surface area contributed by atoms with Crippen LogP contribution < -0.4 is 28.5 Å². The number of hydrogen-bond acceptors (Lipinski definition) is 4. The second-order valence-corrected chi connectivity index (χ2v) is 6.25. The molecule has 0 aliphatic heterocycles. The van der Waals surface area contributed by atoms with Gasteiger partial charge >= 0.3 is 15.2 Å². The third-order valence-electron chi connectivity index (χ3n) is 2.36. The summed E-state index contributed by atoms with van der Waals surface area (Å²) in [5.74, 6) is 0. The lowest BCUT2D eigenvalue weighted by atomic mass is 10.5. The maximum absolute atomic E-state index is 5.32. The molecule has 0 bridgehead atoms. The van der Waals surface area contributed by atoms with E-state index in [2.05, 4.69) is 0 Å². The monoisotopic (exact) mass is 359 g/mol. The van der Waals surface area contributed by atoms with Crippen LogP contribution in [-0.4, -0.2) is 30.1 Å². The molecule has 0 spiro atoms. The van der Waals surface area contributed by atoms with Gasteiger partial charge in [0.2, 0.25) is 6.20 Å². The van der Waals surface area contributed by atoms with Gasteiger partial charge < -0.3 is 41.7 Å². The molecular weight excluding hydrogens is 341 g/mol. The Balaban J connectivity index is 0.00000225. The fraction of sp³-hybridized carbons (Fsp3) is 0.667. The summed E-state index contributed by atoms with van der Waals surface area (Å²) in [4.78, 5) is 0. The van der Waals surface area contributed by atoms with E-state index < -0.39 is 8.80 Å². The summed E-state index contributed by atoms with van der Waals surface area (Å²) in [6.07, 6.45) is 6.14. The van der Waals surface area contributed by atoms with E-state index in [9.17, 15) is 0 Å². The van der Waals surface area contributed by atoms with Crippen LogP contribution in [-0.2, 0) is 19.8 Å². The molecule has 1 aromatic heterocycles. The van der Waals surface area contributed by atoms with Crippen molar-refractivity contribution in [3.8, 4) is 0 Å². The van der Waals surface area contributed by atoms with Crippen LogP contribution >= 0.6 is 0 Å². The molecule has 7 heteroatoms. The summed E-state index contributed by atoms with van der Waals surface area (Å²) < 4.78 is 22.9. The van der Waals surface area contributed by atoms with Crippen molar-refractivity contribution in [2.24, 2.45) is 0 Å². The first-order valence-corrected chi connectivity index (χ1v) is 6.76. The van der Waals surface area contributed by atoms with Gasteiger partial charge in [-0.25, -0.2) is 0 Å². The van der Waals surface area contributed by atoms with Crippen LogP contribution in [0.1, 0.15) is 6.42 Å². The number of aromatic nitrogens is 1. The smallest absolute Gasteiger partial charge is 0.500 e. The van der Waals surface area contributed by atoms with Gasteiger partial charge in [-0.05, 0) is 0 Å². The summed E-state index contributed by atoms with van der Waals surface area (Å²) >= 11 is 0. The van der Waals surface area contributed by atoms with Crippen molar-refractivity contribution >= 4 is 8.80 Å². The van der Waals surface area contributed by atoms with Crippen LogP contribution in [0.15, 0.2) is 23.3 Å². The molecule has 1 heterocycles. The molecule has 0 aliphatic carbocycles. The Hall–Kier alpha value is 0.0369. The highest BCUT2D eigenvalue weighted by atomic mass is 127. The lowest BCUT2D eigenvalue weighted by molar-refractivity contribution is -0.699.